The Balaban J connectivity index is 1.32. The quantitative estimate of drug-likeness (QED) is 0.751. The minimum Gasteiger partial charge on any atom is -0.508 e. The summed E-state index contributed by atoms with van der Waals surface area (Å²) in [6.45, 7) is 3.07. The number of hydrogen-bond acceptors (Lipinski definition) is 5. The fourth-order valence-electron chi connectivity index (χ4n) is 3.62. The van der Waals surface area contributed by atoms with Crippen LogP contribution in [0.1, 0.15) is 35.7 Å². The molecular formula is C20H22FN5O. The van der Waals surface area contributed by atoms with Crippen molar-refractivity contribution in [3.8, 4) is 5.75 Å². The van der Waals surface area contributed by atoms with Gasteiger partial charge in [0.25, 0.3) is 0 Å². The van der Waals surface area contributed by atoms with Gasteiger partial charge in [-0.15, -0.1) is 5.10 Å². The number of rotatable bonds is 5. The zero-order chi connectivity index (χ0) is 18.6. The first-order valence-electron chi connectivity index (χ1n) is 9.17. The van der Waals surface area contributed by atoms with Crippen LogP contribution in [-0.4, -0.2) is 43.1 Å². The Kier molecular flexibility index (Phi) is 5.11. The molecular weight excluding hydrogens is 345 g/mol. The molecule has 7 heteroatoms. The Labute approximate surface area is 157 Å². The first-order chi connectivity index (χ1) is 13.2. The number of phenols is 1. The van der Waals surface area contributed by atoms with Gasteiger partial charge in [-0.05, 0) is 67.7 Å². The van der Waals surface area contributed by atoms with Crippen LogP contribution >= 0.6 is 0 Å². The third kappa shape index (κ3) is 4.31. The van der Waals surface area contributed by atoms with E-state index >= 15 is 0 Å². The third-order valence-corrected chi connectivity index (χ3v) is 5.03. The van der Waals surface area contributed by atoms with E-state index in [1.54, 1.807) is 16.9 Å². The van der Waals surface area contributed by atoms with E-state index in [0.717, 1.165) is 43.9 Å². The molecule has 0 bridgehead atoms. The number of benzene rings is 1. The molecule has 1 aliphatic rings. The summed E-state index contributed by atoms with van der Waals surface area (Å²) in [5, 5.41) is 18.1. The summed E-state index contributed by atoms with van der Waals surface area (Å²) < 4.78 is 15.8. The molecule has 0 unspecified atom stereocenters. The van der Waals surface area contributed by atoms with Crippen LogP contribution in [0, 0.1) is 5.82 Å². The SMILES string of the molecule is Oc1ccc(F)c(C2CCN(Cc3cn(Cc4ccccn4)nn3)CC2)c1. The Morgan fingerprint density at radius 1 is 1.07 bits per heavy atom. The molecule has 1 saturated heterocycles. The Morgan fingerprint density at radius 3 is 2.70 bits per heavy atom. The number of likely N-dealkylation sites (tertiary alicyclic amines) is 1. The van der Waals surface area contributed by atoms with Gasteiger partial charge < -0.3 is 5.11 Å². The largest absolute Gasteiger partial charge is 0.508 e. The average molecular weight is 367 g/mol. The van der Waals surface area contributed by atoms with Gasteiger partial charge in [-0.2, -0.15) is 0 Å². The molecule has 2 aromatic heterocycles. The topological polar surface area (TPSA) is 67.1 Å². The molecule has 1 N–H and O–H groups in total. The molecule has 0 amide bonds. The predicted molar refractivity (Wildman–Crippen MR) is 98.7 cm³/mol. The summed E-state index contributed by atoms with van der Waals surface area (Å²) >= 11 is 0. The molecule has 1 fully saturated rings. The lowest BCUT2D eigenvalue weighted by Crippen LogP contribution is -2.32. The molecule has 0 atom stereocenters. The molecule has 3 heterocycles. The van der Waals surface area contributed by atoms with Crippen LogP contribution in [0.2, 0.25) is 0 Å². The molecule has 140 valence electrons. The second-order valence-electron chi connectivity index (χ2n) is 6.98. The standard InChI is InChI=1S/C20H22FN5O/c21-20-5-4-18(27)11-19(20)15-6-9-25(10-7-15)12-17-14-26(24-23-17)13-16-3-1-2-8-22-16/h1-5,8,11,14-15,27H,6-7,9-10,12-13H2. The first kappa shape index (κ1) is 17.6. The summed E-state index contributed by atoms with van der Waals surface area (Å²) in [7, 11) is 0. The fourth-order valence-corrected chi connectivity index (χ4v) is 3.62. The van der Waals surface area contributed by atoms with Gasteiger partial charge in [0.1, 0.15) is 11.6 Å². The van der Waals surface area contributed by atoms with Crippen molar-refractivity contribution in [2.75, 3.05) is 13.1 Å². The molecule has 3 aromatic rings. The van der Waals surface area contributed by atoms with Crippen LogP contribution < -0.4 is 0 Å². The van der Waals surface area contributed by atoms with Crippen molar-refractivity contribution in [2.45, 2.75) is 31.8 Å². The van der Waals surface area contributed by atoms with Gasteiger partial charge in [0.15, 0.2) is 0 Å². The van der Waals surface area contributed by atoms with Crippen molar-refractivity contribution < 1.29 is 9.50 Å². The first-order valence-corrected chi connectivity index (χ1v) is 9.17. The van der Waals surface area contributed by atoms with Crippen molar-refractivity contribution in [2.24, 2.45) is 0 Å². The van der Waals surface area contributed by atoms with E-state index < -0.39 is 0 Å². The van der Waals surface area contributed by atoms with Gasteiger partial charge >= 0.3 is 0 Å². The van der Waals surface area contributed by atoms with Crippen LogP contribution in [0.25, 0.3) is 0 Å². The molecule has 27 heavy (non-hydrogen) atoms. The summed E-state index contributed by atoms with van der Waals surface area (Å²) in [5.74, 6) is 0.0373. The average Bonchev–Trinajstić information content (AvgIpc) is 3.12. The molecule has 0 radical (unpaired) electrons. The van der Waals surface area contributed by atoms with Gasteiger partial charge in [-0.25, -0.2) is 9.07 Å². The summed E-state index contributed by atoms with van der Waals surface area (Å²) in [4.78, 5) is 6.61. The van der Waals surface area contributed by atoms with E-state index in [-0.39, 0.29) is 17.5 Å². The van der Waals surface area contributed by atoms with E-state index in [1.807, 2.05) is 24.4 Å². The molecule has 1 aliphatic heterocycles. The van der Waals surface area contributed by atoms with Gasteiger partial charge in [0.2, 0.25) is 0 Å². The third-order valence-electron chi connectivity index (χ3n) is 5.03. The van der Waals surface area contributed by atoms with E-state index in [0.29, 0.717) is 12.1 Å². The molecule has 0 spiro atoms. The van der Waals surface area contributed by atoms with E-state index in [9.17, 15) is 9.50 Å². The predicted octanol–water partition coefficient (Wildman–Crippen LogP) is 2.95. The summed E-state index contributed by atoms with van der Waals surface area (Å²) in [6, 6.07) is 10.1. The number of pyridine rings is 1. The molecule has 0 aliphatic carbocycles. The van der Waals surface area contributed by atoms with E-state index in [4.69, 9.17) is 0 Å². The maximum absolute atomic E-state index is 14.0. The zero-order valence-corrected chi connectivity index (χ0v) is 15.0. The minimum absolute atomic E-state index is 0.123. The number of halogens is 1. The van der Waals surface area contributed by atoms with Crippen LogP contribution in [0.15, 0.2) is 48.8 Å². The molecule has 1 aromatic carbocycles. The van der Waals surface area contributed by atoms with Gasteiger partial charge in [-0.3, -0.25) is 9.88 Å². The van der Waals surface area contributed by atoms with Crippen LogP contribution in [0.5, 0.6) is 5.75 Å². The van der Waals surface area contributed by atoms with E-state index in [1.165, 1.54) is 12.1 Å². The van der Waals surface area contributed by atoms with Crippen LogP contribution in [0.3, 0.4) is 0 Å². The number of aromatic nitrogens is 4. The Hall–Kier alpha value is -2.80. The highest BCUT2D eigenvalue weighted by molar-refractivity contribution is 5.31. The smallest absolute Gasteiger partial charge is 0.126 e. The molecule has 4 rings (SSSR count). The Bertz CT molecular complexity index is 890. The number of piperidine rings is 1. The van der Waals surface area contributed by atoms with Crippen molar-refractivity contribution in [1.82, 2.24) is 24.9 Å². The molecule has 6 nitrogen and oxygen atoms in total. The maximum Gasteiger partial charge on any atom is 0.126 e. The summed E-state index contributed by atoms with van der Waals surface area (Å²) in [5.41, 5.74) is 2.49. The second kappa shape index (κ2) is 7.84. The maximum atomic E-state index is 14.0. The number of aromatic hydroxyl groups is 1. The second-order valence-corrected chi connectivity index (χ2v) is 6.98. The zero-order valence-electron chi connectivity index (χ0n) is 15.0. The van der Waals surface area contributed by atoms with Crippen molar-refractivity contribution >= 4 is 0 Å². The monoisotopic (exact) mass is 367 g/mol. The van der Waals surface area contributed by atoms with Gasteiger partial charge in [0, 0.05) is 12.7 Å². The van der Waals surface area contributed by atoms with Gasteiger partial charge in [-0.1, -0.05) is 11.3 Å². The lowest BCUT2D eigenvalue weighted by molar-refractivity contribution is 0.201. The number of hydrogen-bond donors (Lipinski definition) is 1. The number of phenolic OH excluding ortho intramolecular Hbond substituents is 1. The highest BCUT2D eigenvalue weighted by Gasteiger charge is 2.23. The van der Waals surface area contributed by atoms with Gasteiger partial charge in [0.05, 0.1) is 24.1 Å². The minimum atomic E-state index is -0.233. The van der Waals surface area contributed by atoms with Crippen LogP contribution in [-0.2, 0) is 13.1 Å². The van der Waals surface area contributed by atoms with Crippen molar-refractivity contribution in [1.29, 1.82) is 0 Å². The van der Waals surface area contributed by atoms with Crippen molar-refractivity contribution in [3.05, 3.63) is 71.6 Å². The lowest BCUT2D eigenvalue weighted by Gasteiger charge is -2.31. The normalized spacial score (nSPS) is 15.9. The van der Waals surface area contributed by atoms with E-state index in [2.05, 4.69) is 20.2 Å². The van der Waals surface area contributed by atoms with Crippen molar-refractivity contribution in [3.63, 3.8) is 0 Å². The molecule has 0 saturated carbocycles. The van der Waals surface area contributed by atoms with Crippen LogP contribution in [0.4, 0.5) is 4.39 Å². The summed E-state index contributed by atoms with van der Waals surface area (Å²) in [6.07, 6.45) is 5.45. The number of nitrogens with zero attached hydrogens (tertiary/aromatic N) is 5. The lowest BCUT2D eigenvalue weighted by atomic mass is 9.89. The highest BCUT2D eigenvalue weighted by atomic mass is 19.1. The fraction of sp³-hybridized carbons (Fsp3) is 0.350. The Morgan fingerprint density at radius 2 is 1.93 bits per heavy atom. The highest BCUT2D eigenvalue weighted by Crippen LogP contribution is 2.32.